The minimum absolute atomic E-state index is 0.0421. The first kappa shape index (κ1) is 15.7. The predicted octanol–water partition coefficient (Wildman–Crippen LogP) is 2.96. The van der Waals surface area contributed by atoms with Crippen molar-refractivity contribution in [2.24, 2.45) is 0 Å². The van der Waals surface area contributed by atoms with Crippen molar-refractivity contribution in [3.63, 3.8) is 0 Å². The maximum absolute atomic E-state index is 12.5. The Morgan fingerprint density at radius 3 is 2.00 bits per heavy atom. The number of amides is 2. The predicted molar refractivity (Wildman–Crippen MR) is 92.0 cm³/mol. The molecule has 0 atom stereocenters. The van der Waals surface area contributed by atoms with Crippen LogP contribution in [0, 0.1) is 13.8 Å². The average Bonchev–Trinajstić information content (AvgIpc) is 2.93. The van der Waals surface area contributed by atoms with E-state index in [2.05, 4.69) is 0 Å². The van der Waals surface area contributed by atoms with Crippen LogP contribution in [0.1, 0.15) is 30.5 Å². The maximum atomic E-state index is 12.5. The molecule has 0 radical (unpaired) electrons. The highest BCUT2D eigenvalue weighted by Crippen LogP contribution is 2.22. The van der Waals surface area contributed by atoms with Crippen LogP contribution in [0.15, 0.2) is 36.4 Å². The van der Waals surface area contributed by atoms with Gasteiger partial charge in [0.15, 0.2) is 0 Å². The summed E-state index contributed by atoms with van der Waals surface area (Å²) in [6.07, 6.45) is 0. The van der Waals surface area contributed by atoms with Crippen LogP contribution in [0.25, 0.3) is 0 Å². The summed E-state index contributed by atoms with van der Waals surface area (Å²) in [5.41, 5.74) is 1.87. The number of benzene rings is 1. The summed E-state index contributed by atoms with van der Waals surface area (Å²) in [7, 11) is 0. The Bertz CT molecular complexity index is 696. The molecule has 0 saturated carbocycles. The van der Waals surface area contributed by atoms with Crippen molar-refractivity contribution in [3.05, 3.63) is 57.3 Å². The zero-order chi connectivity index (χ0) is 16.4. The van der Waals surface area contributed by atoms with Crippen molar-refractivity contribution in [1.82, 2.24) is 9.80 Å². The van der Waals surface area contributed by atoms with E-state index in [1.54, 1.807) is 11.3 Å². The number of hydrogen-bond acceptors (Lipinski definition) is 3. The Labute approximate surface area is 140 Å². The first-order valence-electron chi connectivity index (χ1n) is 7.77. The first-order valence-corrected chi connectivity index (χ1v) is 8.58. The molecule has 2 heterocycles. The second kappa shape index (κ2) is 6.54. The summed E-state index contributed by atoms with van der Waals surface area (Å²) < 4.78 is 0. The first-order chi connectivity index (χ1) is 11.1. The Morgan fingerprint density at radius 2 is 1.48 bits per heavy atom. The standard InChI is InChI=1S/C18H20N2O2S/c1-13-12-16(23-14(13)2)18(22)20-10-8-19(9-11-20)17(21)15-6-4-3-5-7-15/h3-7,12H,8-11H2,1-2H3. The third-order valence-electron chi connectivity index (χ3n) is 4.25. The lowest BCUT2D eigenvalue weighted by atomic mass is 10.2. The van der Waals surface area contributed by atoms with Crippen molar-refractivity contribution < 1.29 is 9.59 Å². The summed E-state index contributed by atoms with van der Waals surface area (Å²) >= 11 is 1.55. The van der Waals surface area contributed by atoms with Crippen LogP contribution >= 0.6 is 11.3 Å². The molecule has 23 heavy (non-hydrogen) atoms. The lowest BCUT2D eigenvalue weighted by Crippen LogP contribution is -2.50. The van der Waals surface area contributed by atoms with Gasteiger partial charge in [-0.2, -0.15) is 0 Å². The number of thiophene rings is 1. The highest BCUT2D eigenvalue weighted by Gasteiger charge is 2.26. The molecule has 0 spiro atoms. The van der Waals surface area contributed by atoms with Crippen LogP contribution in [0.3, 0.4) is 0 Å². The normalized spacial score (nSPS) is 14.9. The maximum Gasteiger partial charge on any atom is 0.264 e. The molecule has 4 nitrogen and oxygen atoms in total. The van der Waals surface area contributed by atoms with E-state index in [1.807, 2.05) is 60.0 Å². The largest absolute Gasteiger partial charge is 0.335 e. The molecule has 1 aliphatic rings. The second-order valence-corrected chi connectivity index (χ2v) is 7.06. The molecule has 1 aromatic carbocycles. The molecule has 2 amide bonds. The number of hydrogen-bond donors (Lipinski definition) is 0. The number of carbonyl (C=O) groups excluding carboxylic acids is 2. The van der Waals surface area contributed by atoms with E-state index < -0.39 is 0 Å². The number of rotatable bonds is 2. The minimum Gasteiger partial charge on any atom is -0.335 e. The fourth-order valence-electron chi connectivity index (χ4n) is 2.71. The van der Waals surface area contributed by atoms with E-state index >= 15 is 0 Å². The van der Waals surface area contributed by atoms with Gasteiger partial charge in [0.05, 0.1) is 4.88 Å². The summed E-state index contributed by atoms with van der Waals surface area (Å²) in [4.78, 5) is 30.6. The van der Waals surface area contributed by atoms with E-state index in [4.69, 9.17) is 0 Å². The van der Waals surface area contributed by atoms with Gasteiger partial charge < -0.3 is 9.80 Å². The van der Waals surface area contributed by atoms with Gasteiger partial charge in [-0.05, 0) is 37.6 Å². The van der Waals surface area contributed by atoms with E-state index in [0.717, 1.165) is 10.4 Å². The van der Waals surface area contributed by atoms with Gasteiger partial charge in [-0.25, -0.2) is 0 Å². The third-order valence-corrected chi connectivity index (χ3v) is 5.39. The van der Waals surface area contributed by atoms with Crippen LogP contribution in [0.5, 0.6) is 0 Å². The molecule has 0 unspecified atom stereocenters. The Morgan fingerprint density at radius 1 is 0.913 bits per heavy atom. The number of piperazine rings is 1. The molecule has 0 aliphatic carbocycles. The second-order valence-electron chi connectivity index (χ2n) is 5.80. The van der Waals surface area contributed by atoms with E-state index in [0.29, 0.717) is 31.7 Å². The highest BCUT2D eigenvalue weighted by molar-refractivity contribution is 7.14. The molecule has 0 bridgehead atoms. The van der Waals surface area contributed by atoms with Gasteiger partial charge in [0, 0.05) is 36.6 Å². The quantitative estimate of drug-likeness (QED) is 0.850. The fourth-order valence-corrected chi connectivity index (χ4v) is 3.71. The Balaban J connectivity index is 1.62. The number of aryl methyl sites for hydroxylation is 2. The van der Waals surface area contributed by atoms with Crippen LogP contribution < -0.4 is 0 Å². The molecule has 1 aromatic heterocycles. The van der Waals surface area contributed by atoms with Gasteiger partial charge in [-0.3, -0.25) is 9.59 Å². The Hall–Kier alpha value is -2.14. The number of nitrogens with zero attached hydrogens (tertiary/aromatic N) is 2. The van der Waals surface area contributed by atoms with Crippen molar-refractivity contribution in [3.8, 4) is 0 Å². The smallest absolute Gasteiger partial charge is 0.264 e. The monoisotopic (exact) mass is 328 g/mol. The summed E-state index contributed by atoms with van der Waals surface area (Å²) in [5.74, 6) is 0.124. The molecule has 3 rings (SSSR count). The zero-order valence-electron chi connectivity index (χ0n) is 13.4. The molecule has 1 aliphatic heterocycles. The molecule has 5 heteroatoms. The van der Waals surface area contributed by atoms with Gasteiger partial charge in [0.2, 0.25) is 0 Å². The fraction of sp³-hybridized carbons (Fsp3) is 0.333. The van der Waals surface area contributed by atoms with Crippen molar-refractivity contribution in [2.75, 3.05) is 26.2 Å². The average molecular weight is 328 g/mol. The van der Waals surface area contributed by atoms with E-state index in [-0.39, 0.29) is 11.8 Å². The summed E-state index contributed by atoms with van der Waals surface area (Å²) in [6, 6.07) is 11.3. The van der Waals surface area contributed by atoms with Crippen molar-refractivity contribution in [2.45, 2.75) is 13.8 Å². The Kier molecular flexibility index (Phi) is 4.48. The van der Waals surface area contributed by atoms with Crippen LogP contribution in [-0.4, -0.2) is 47.8 Å². The van der Waals surface area contributed by atoms with Gasteiger partial charge in [0.25, 0.3) is 11.8 Å². The molecule has 1 fully saturated rings. The van der Waals surface area contributed by atoms with E-state index in [9.17, 15) is 9.59 Å². The molecule has 1 saturated heterocycles. The lowest BCUT2D eigenvalue weighted by Gasteiger charge is -2.34. The summed E-state index contributed by atoms with van der Waals surface area (Å²) in [5, 5.41) is 0. The van der Waals surface area contributed by atoms with Crippen LogP contribution in [0.2, 0.25) is 0 Å². The summed E-state index contributed by atoms with van der Waals surface area (Å²) in [6.45, 7) is 6.42. The minimum atomic E-state index is 0.0421. The molecule has 0 N–H and O–H groups in total. The molecule has 120 valence electrons. The van der Waals surface area contributed by atoms with Gasteiger partial charge >= 0.3 is 0 Å². The SMILES string of the molecule is Cc1cc(C(=O)N2CCN(C(=O)c3ccccc3)CC2)sc1C. The third kappa shape index (κ3) is 3.29. The molecule has 2 aromatic rings. The van der Waals surface area contributed by atoms with Crippen LogP contribution in [-0.2, 0) is 0 Å². The van der Waals surface area contributed by atoms with Crippen molar-refractivity contribution >= 4 is 23.2 Å². The van der Waals surface area contributed by atoms with Gasteiger partial charge in [-0.1, -0.05) is 18.2 Å². The van der Waals surface area contributed by atoms with Crippen LogP contribution in [0.4, 0.5) is 0 Å². The highest BCUT2D eigenvalue weighted by atomic mass is 32.1. The van der Waals surface area contributed by atoms with Crippen molar-refractivity contribution in [1.29, 1.82) is 0 Å². The molecular formula is C18H20N2O2S. The molecular weight excluding hydrogens is 308 g/mol. The lowest BCUT2D eigenvalue weighted by molar-refractivity contribution is 0.0538. The van der Waals surface area contributed by atoms with E-state index in [1.165, 1.54) is 4.88 Å². The zero-order valence-corrected chi connectivity index (χ0v) is 14.2. The topological polar surface area (TPSA) is 40.6 Å². The number of carbonyl (C=O) groups is 2. The van der Waals surface area contributed by atoms with Gasteiger partial charge in [-0.15, -0.1) is 11.3 Å². The van der Waals surface area contributed by atoms with Gasteiger partial charge in [0.1, 0.15) is 0 Å².